The maximum absolute atomic E-state index is 12.3. The first kappa shape index (κ1) is 17.7. The van der Waals surface area contributed by atoms with Gasteiger partial charge in [-0.2, -0.15) is 0 Å². The predicted octanol–water partition coefficient (Wildman–Crippen LogP) is 2.06. The molecule has 0 spiro atoms. The molecular formula is C17H21N3O4S. The monoisotopic (exact) mass is 363 g/mol. The molecule has 1 aliphatic rings. The fraction of sp³-hybridized carbons (Fsp3) is 0.412. The lowest BCUT2D eigenvalue weighted by Crippen LogP contribution is -2.45. The summed E-state index contributed by atoms with van der Waals surface area (Å²) in [5.41, 5.74) is 1.71. The van der Waals surface area contributed by atoms with Gasteiger partial charge >= 0.3 is 0 Å². The topological polar surface area (TPSA) is 81.7 Å². The summed E-state index contributed by atoms with van der Waals surface area (Å²) in [6, 6.07) is 5.64. The van der Waals surface area contributed by atoms with E-state index in [9.17, 15) is 4.79 Å². The van der Waals surface area contributed by atoms with E-state index in [1.165, 1.54) is 11.3 Å². The third kappa shape index (κ3) is 3.92. The molecule has 2 N–H and O–H groups in total. The standard InChI is InChI=1S/C17H21N3O4S/c1-10-15(11-4-5-12(22-2)13(8-11)23-3)19-17(25-10)20-16(21)14-9-18-6-7-24-14/h4-5,8,14,18H,6-7,9H2,1-3H3,(H,19,20,21)/t14-/m1/s1. The molecular weight excluding hydrogens is 342 g/mol. The molecule has 1 saturated heterocycles. The van der Waals surface area contributed by atoms with Crippen LogP contribution >= 0.6 is 11.3 Å². The number of benzene rings is 1. The van der Waals surface area contributed by atoms with E-state index in [0.717, 1.165) is 22.7 Å². The van der Waals surface area contributed by atoms with Gasteiger partial charge in [-0.1, -0.05) is 0 Å². The maximum Gasteiger partial charge on any atom is 0.256 e. The molecule has 1 fully saturated rings. The fourth-order valence-electron chi connectivity index (χ4n) is 2.62. The number of rotatable bonds is 5. The molecule has 3 rings (SSSR count). The van der Waals surface area contributed by atoms with Crippen molar-refractivity contribution >= 4 is 22.4 Å². The first-order valence-electron chi connectivity index (χ1n) is 7.95. The second-order valence-electron chi connectivity index (χ2n) is 5.55. The molecule has 2 heterocycles. The van der Waals surface area contributed by atoms with Gasteiger partial charge in [0.1, 0.15) is 6.10 Å². The van der Waals surface area contributed by atoms with Crippen LogP contribution in [0.3, 0.4) is 0 Å². The van der Waals surface area contributed by atoms with E-state index in [4.69, 9.17) is 14.2 Å². The average Bonchev–Trinajstić information content (AvgIpc) is 3.01. The van der Waals surface area contributed by atoms with E-state index in [1.807, 2.05) is 25.1 Å². The molecule has 0 unspecified atom stereocenters. The number of aromatic nitrogens is 1. The normalized spacial score (nSPS) is 17.2. The van der Waals surface area contributed by atoms with Gasteiger partial charge in [-0.15, -0.1) is 11.3 Å². The molecule has 2 aromatic rings. The van der Waals surface area contributed by atoms with Gasteiger partial charge in [-0.05, 0) is 25.1 Å². The quantitative estimate of drug-likeness (QED) is 0.846. The Balaban J connectivity index is 1.79. The zero-order chi connectivity index (χ0) is 17.8. The van der Waals surface area contributed by atoms with Crippen molar-refractivity contribution in [3.63, 3.8) is 0 Å². The molecule has 1 aliphatic heterocycles. The number of hydrogen-bond acceptors (Lipinski definition) is 7. The number of nitrogens with one attached hydrogen (secondary N) is 2. The Bertz CT molecular complexity index is 756. The summed E-state index contributed by atoms with van der Waals surface area (Å²) < 4.78 is 16.1. The van der Waals surface area contributed by atoms with Gasteiger partial charge in [-0.3, -0.25) is 10.1 Å². The molecule has 1 atom stereocenters. The Morgan fingerprint density at radius 2 is 2.16 bits per heavy atom. The first-order chi connectivity index (χ1) is 12.1. The van der Waals surface area contributed by atoms with E-state index in [0.29, 0.717) is 29.8 Å². The van der Waals surface area contributed by atoms with Crippen molar-refractivity contribution in [3.05, 3.63) is 23.1 Å². The van der Waals surface area contributed by atoms with Gasteiger partial charge in [0.25, 0.3) is 5.91 Å². The van der Waals surface area contributed by atoms with Crippen LogP contribution in [0.15, 0.2) is 18.2 Å². The third-order valence-electron chi connectivity index (χ3n) is 3.90. The minimum absolute atomic E-state index is 0.181. The van der Waals surface area contributed by atoms with Gasteiger partial charge in [0.05, 0.1) is 26.5 Å². The highest BCUT2D eigenvalue weighted by molar-refractivity contribution is 7.16. The molecule has 134 valence electrons. The Kier molecular flexibility index (Phi) is 5.52. The van der Waals surface area contributed by atoms with Gasteiger partial charge in [0, 0.05) is 23.5 Å². The minimum Gasteiger partial charge on any atom is -0.493 e. The van der Waals surface area contributed by atoms with Gasteiger partial charge < -0.3 is 19.5 Å². The lowest BCUT2D eigenvalue weighted by molar-refractivity contribution is -0.128. The van der Waals surface area contributed by atoms with Crippen molar-refractivity contribution < 1.29 is 19.0 Å². The van der Waals surface area contributed by atoms with Crippen molar-refractivity contribution in [2.24, 2.45) is 0 Å². The Morgan fingerprint density at radius 3 is 2.84 bits per heavy atom. The summed E-state index contributed by atoms with van der Waals surface area (Å²) in [6.45, 7) is 3.78. The molecule has 0 aliphatic carbocycles. The number of ether oxygens (including phenoxy) is 3. The van der Waals surface area contributed by atoms with Crippen molar-refractivity contribution in [2.75, 3.05) is 39.2 Å². The smallest absolute Gasteiger partial charge is 0.256 e. The van der Waals surface area contributed by atoms with Crippen LogP contribution < -0.4 is 20.1 Å². The summed E-state index contributed by atoms with van der Waals surface area (Å²) in [6.07, 6.45) is -0.484. The van der Waals surface area contributed by atoms with E-state index >= 15 is 0 Å². The number of hydrogen-bond donors (Lipinski definition) is 2. The molecule has 25 heavy (non-hydrogen) atoms. The van der Waals surface area contributed by atoms with E-state index in [-0.39, 0.29) is 5.91 Å². The van der Waals surface area contributed by atoms with E-state index in [2.05, 4.69) is 15.6 Å². The van der Waals surface area contributed by atoms with Crippen molar-refractivity contribution in [2.45, 2.75) is 13.0 Å². The second kappa shape index (κ2) is 7.81. The van der Waals surface area contributed by atoms with Gasteiger partial charge in [0.2, 0.25) is 0 Å². The number of morpholine rings is 1. The second-order valence-corrected chi connectivity index (χ2v) is 6.75. The molecule has 8 heteroatoms. The number of anilines is 1. The zero-order valence-corrected chi connectivity index (χ0v) is 15.2. The lowest BCUT2D eigenvalue weighted by Gasteiger charge is -2.22. The summed E-state index contributed by atoms with van der Waals surface area (Å²) in [5, 5.41) is 6.54. The minimum atomic E-state index is -0.484. The maximum atomic E-state index is 12.3. The molecule has 0 saturated carbocycles. The van der Waals surface area contributed by atoms with Gasteiger partial charge in [-0.25, -0.2) is 4.98 Å². The largest absolute Gasteiger partial charge is 0.493 e. The highest BCUT2D eigenvalue weighted by Gasteiger charge is 2.23. The molecule has 0 bridgehead atoms. The van der Waals surface area contributed by atoms with Crippen LogP contribution in [0, 0.1) is 6.92 Å². The van der Waals surface area contributed by atoms with Crippen LogP contribution in [-0.4, -0.2) is 50.9 Å². The van der Waals surface area contributed by atoms with Crippen molar-refractivity contribution in [1.29, 1.82) is 0 Å². The Hall–Kier alpha value is -2.16. The number of amides is 1. The zero-order valence-electron chi connectivity index (χ0n) is 14.4. The highest BCUT2D eigenvalue weighted by atomic mass is 32.1. The fourth-order valence-corrected chi connectivity index (χ4v) is 3.46. The molecule has 1 aromatic heterocycles. The molecule has 0 radical (unpaired) electrons. The number of carbonyl (C=O) groups excluding carboxylic acids is 1. The summed E-state index contributed by atoms with van der Waals surface area (Å²) in [5.74, 6) is 1.12. The molecule has 1 amide bonds. The lowest BCUT2D eigenvalue weighted by atomic mass is 10.1. The number of aryl methyl sites for hydroxylation is 1. The summed E-state index contributed by atoms with van der Waals surface area (Å²) >= 11 is 1.43. The summed E-state index contributed by atoms with van der Waals surface area (Å²) in [7, 11) is 3.20. The van der Waals surface area contributed by atoms with Gasteiger partial charge in [0.15, 0.2) is 16.6 Å². The predicted molar refractivity (Wildman–Crippen MR) is 96.6 cm³/mol. The SMILES string of the molecule is COc1ccc(-c2nc(NC(=O)[C@H]3CNCCO3)sc2C)cc1OC. The third-order valence-corrected chi connectivity index (χ3v) is 4.79. The number of methoxy groups -OCH3 is 2. The molecule has 1 aromatic carbocycles. The molecule has 7 nitrogen and oxygen atoms in total. The number of carbonyl (C=O) groups is 1. The van der Waals surface area contributed by atoms with Crippen LogP contribution in [-0.2, 0) is 9.53 Å². The Labute approximate surface area is 150 Å². The van der Waals surface area contributed by atoms with E-state index < -0.39 is 6.10 Å². The highest BCUT2D eigenvalue weighted by Crippen LogP contribution is 2.36. The van der Waals surface area contributed by atoms with Crippen LogP contribution in [0.4, 0.5) is 5.13 Å². The number of thiazole rings is 1. The first-order valence-corrected chi connectivity index (χ1v) is 8.77. The van der Waals surface area contributed by atoms with Crippen molar-refractivity contribution in [3.8, 4) is 22.8 Å². The van der Waals surface area contributed by atoms with Crippen LogP contribution in [0.1, 0.15) is 4.88 Å². The van der Waals surface area contributed by atoms with E-state index in [1.54, 1.807) is 14.2 Å². The average molecular weight is 363 g/mol. The Morgan fingerprint density at radius 1 is 1.36 bits per heavy atom. The van der Waals surface area contributed by atoms with Crippen molar-refractivity contribution in [1.82, 2.24) is 10.3 Å². The van der Waals surface area contributed by atoms with Crippen LogP contribution in [0.5, 0.6) is 11.5 Å². The number of nitrogens with zero attached hydrogens (tertiary/aromatic N) is 1. The van der Waals surface area contributed by atoms with Crippen LogP contribution in [0.2, 0.25) is 0 Å². The van der Waals surface area contributed by atoms with Crippen LogP contribution in [0.25, 0.3) is 11.3 Å². The summed E-state index contributed by atoms with van der Waals surface area (Å²) in [4.78, 5) is 17.8.